The Kier molecular flexibility index (Phi) is 6.43. The van der Waals surface area contributed by atoms with Crippen molar-refractivity contribution in [3.63, 3.8) is 0 Å². The van der Waals surface area contributed by atoms with Gasteiger partial charge >= 0.3 is 0 Å². The number of aryl methyl sites for hydroxylation is 2. The maximum Gasteiger partial charge on any atom is 0.236 e. The van der Waals surface area contributed by atoms with Crippen LogP contribution in [0.2, 0.25) is 0 Å². The zero-order chi connectivity index (χ0) is 21.0. The third kappa shape index (κ3) is 5.08. The van der Waals surface area contributed by atoms with E-state index < -0.39 is 11.9 Å². The van der Waals surface area contributed by atoms with E-state index >= 15 is 0 Å². The molecule has 0 bridgehead atoms. The van der Waals surface area contributed by atoms with Crippen molar-refractivity contribution < 1.29 is 9.59 Å². The van der Waals surface area contributed by atoms with Crippen LogP contribution in [0.4, 0.5) is 5.95 Å². The van der Waals surface area contributed by atoms with Gasteiger partial charge in [-0.1, -0.05) is 30.3 Å². The molecule has 2 amide bonds. The Morgan fingerprint density at radius 1 is 1.10 bits per heavy atom. The summed E-state index contributed by atoms with van der Waals surface area (Å²) in [6, 6.07) is 9.46. The van der Waals surface area contributed by atoms with E-state index in [0.29, 0.717) is 39.0 Å². The highest BCUT2D eigenvalue weighted by molar-refractivity contribution is 5.82. The number of aromatic nitrogens is 2. The van der Waals surface area contributed by atoms with Gasteiger partial charge in [0.05, 0.1) is 0 Å². The van der Waals surface area contributed by atoms with Gasteiger partial charge in [-0.15, -0.1) is 0 Å². The van der Waals surface area contributed by atoms with Crippen molar-refractivity contribution >= 4 is 17.8 Å². The molecule has 1 fully saturated rings. The lowest BCUT2D eigenvalue weighted by molar-refractivity contribution is -0.137. The molecule has 0 saturated carbocycles. The second-order valence-corrected chi connectivity index (χ2v) is 7.45. The van der Waals surface area contributed by atoms with E-state index in [1.807, 2.05) is 49.1 Å². The number of anilines is 1. The van der Waals surface area contributed by atoms with Gasteiger partial charge < -0.3 is 16.4 Å². The lowest BCUT2D eigenvalue weighted by Gasteiger charge is -2.40. The van der Waals surface area contributed by atoms with Crippen LogP contribution in [-0.4, -0.2) is 57.3 Å². The first-order valence-corrected chi connectivity index (χ1v) is 9.80. The molecule has 0 spiro atoms. The Morgan fingerprint density at radius 3 is 2.38 bits per heavy atom. The molecule has 1 saturated heterocycles. The average molecular weight is 396 g/mol. The Bertz CT molecular complexity index is 863. The van der Waals surface area contributed by atoms with E-state index in [1.165, 1.54) is 0 Å². The van der Waals surface area contributed by atoms with E-state index in [9.17, 15) is 9.59 Å². The standard InChI is InChI=1S/C21H28N6O2/c1-14-17(15(2)25-21(23)24-14)8-9-19(28)27-11-10-26(18(13-27)20(22)29)12-16-6-4-3-5-7-16/h3-7,18H,8-13H2,1-2H3,(H2,22,29)(H2,23,24,25)/t18-/m1/s1. The van der Waals surface area contributed by atoms with Gasteiger partial charge in [0.1, 0.15) is 6.04 Å². The van der Waals surface area contributed by atoms with E-state index in [-0.39, 0.29) is 11.9 Å². The molecule has 1 aliphatic heterocycles. The number of primary amides is 1. The van der Waals surface area contributed by atoms with Crippen molar-refractivity contribution in [3.8, 4) is 0 Å². The number of hydrogen-bond donors (Lipinski definition) is 2. The number of rotatable bonds is 6. The molecule has 2 heterocycles. The first-order valence-electron chi connectivity index (χ1n) is 9.80. The number of nitrogens with zero attached hydrogens (tertiary/aromatic N) is 4. The predicted molar refractivity (Wildman–Crippen MR) is 111 cm³/mol. The van der Waals surface area contributed by atoms with E-state index in [0.717, 1.165) is 22.5 Å². The van der Waals surface area contributed by atoms with Gasteiger partial charge in [0.15, 0.2) is 0 Å². The number of nitrogens with two attached hydrogens (primary N) is 2. The van der Waals surface area contributed by atoms with Gasteiger partial charge in [-0.05, 0) is 31.4 Å². The monoisotopic (exact) mass is 396 g/mol. The lowest BCUT2D eigenvalue weighted by Crippen LogP contribution is -2.58. The fourth-order valence-corrected chi connectivity index (χ4v) is 3.84. The summed E-state index contributed by atoms with van der Waals surface area (Å²) >= 11 is 0. The smallest absolute Gasteiger partial charge is 0.236 e. The molecule has 4 N–H and O–H groups in total. The Hall–Kier alpha value is -3.00. The third-order valence-corrected chi connectivity index (χ3v) is 5.43. The summed E-state index contributed by atoms with van der Waals surface area (Å²) in [4.78, 5) is 37.0. The van der Waals surface area contributed by atoms with Crippen LogP contribution < -0.4 is 11.5 Å². The van der Waals surface area contributed by atoms with Crippen molar-refractivity contribution in [3.05, 3.63) is 52.8 Å². The van der Waals surface area contributed by atoms with Crippen LogP contribution in [0.25, 0.3) is 0 Å². The minimum atomic E-state index is -0.490. The quantitative estimate of drug-likeness (QED) is 0.746. The molecule has 2 aromatic rings. The molecular formula is C21H28N6O2. The van der Waals surface area contributed by atoms with Gasteiger partial charge in [0, 0.05) is 44.0 Å². The molecule has 29 heavy (non-hydrogen) atoms. The average Bonchev–Trinajstić information content (AvgIpc) is 2.68. The highest BCUT2D eigenvalue weighted by Gasteiger charge is 2.32. The molecule has 1 aromatic heterocycles. The van der Waals surface area contributed by atoms with Gasteiger partial charge in [-0.25, -0.2) is 9.97 Å². The van der Waals surface area contributed by atoms with Gasteiger partial charge in [0.25, 0.3) is 0 Å². The first-order chi connectivity index (χ1) is 13.8. The zero-order valence-electron chi connectivity index (χ0n) is 17.0. The fraction of sp³-hybridized carbons (Fsp3) is 0.429. The normalized spacial score (nSPS) is 17.3. The summed E-state index contributed by atoms with van der Waals surface area (Å²) < 4.78 is 0. The SMILES string of the molecule is Cc1nc(N)nc(C)c1CCC(=O)N1CCN(Cc2ccccc2)[C@@H](C(N)=O)C1. The summed E-state index contributed by atoms with van der Waals surface area (Å²) in [7, 11) is 0. The Balaban J connectivity index is 1.62. The first kappa shape index (κ1) is 20.7. The van der Waals surface area contributed by atoms with E-state index in [2.05, 4.69) is 9.97 Å². The summed E-state index contributed by atoms with van der Waals surface area (Å²) in [5, 5.41) is 0. The van der Waals surface area contributed by atoms with Crippen LogP contribution in [0.5, 0.6) is 0 Å². The zero-order valence-corrected chi connectivity index (χ0v) is 17.0. The molecule has 8 heteroatoms. The molecule has 8 nitrogen and oxygen atoms in total. The minimum absolute atomic E-state index is 0.00577. The number of carbonyl (C=O) groups excluding carboxylic acids is 2. The van der Waals surface area contributed by atoms with Gasteiger partial charge in [-0.2, -0.15) is 0 Å². The number of amides is 2. The third-order valence-electron chi connectivity index (χ3n) is 5.43. The lowest BCUT2D eigenvalue weighted by atomic mass is 10.0. The minimum Gasteiger partial charge on any atom is -0.368 e. The molecule has 1 aromatic carbocycles. The van der Waals surface area contributed by atoms with Gasteiger partial charge in [-0.3, -0.25) is 14.5 Å². The van der Waals surface area contributed by atoms with Crippen molar-refractivity contribution in [1.82, 2.24) is 19.8 Å². The topological polar surface area (TPSA) is 118 Å². The maximum absolute atomic E-state index is 12.8. The predicted octanol–water partition coefficient (Wildman–Crippen LogP) is 0.807. The maximum atomic E-state index is 12.8. The molecule has 154 valence electrons. The van der Waals surface area contributed by atoms with Crippen LogP contribution in [0.15, 0.2) is 30.3 Å². The molecule has 1 aliphatic rings. The molecular weight excluding hydrogens is 368 g/mol. The van der Waals surface area contributed by atoms with Crippen molar-refractivity contribution in [1.29, 1.82) is 0 Å². The van der Waals surface area contributed by atoms with Crippen LogP contribution >= 0.6 is 0 Å². The van der Waals surface area contributed by atoms with Gasteiger partial charge in [0.2, 0.25) is 17.8 Å². The summed E-state index contributed by atoms with van der Waals surface area (Å²) in [6.07, 6.45) is 0.876. The summed E-state index contributed by atoms with van der Waals surface area (Å²) in [5.74, 6) is -0.155. The second-order valence-electron chi connectivity index (χ2n) is 7.45. The molecule has 0 unspecified atom stereocenters. The van der Waals surface area contributed by atoms with Crippen LogP contribution in [-0.2, 0) is 22.6 Å². The second kappa shape index (κ2) is 9.00. The highest BCUT2D eigenvalue weighted by Crippen LogP contribution is 2.17. The largest absolute Gasteiger partial charge is 0.368 e. The van der Waals surface area contributed by atoms with Crippen molar-refractivity contribution in [2.24, 2.45) is 5.73 Å². The molecule has 1 atom stereocenters. The summed E-state index contributed by atoms with van der Waals surface area (Å²) in [5.41, 5.74) is 15.0. The molecule has 3 rings (SSSR count). The highest BCUT2D eigenvalue weighted by atomic mass is 16.2. The van der Waals surface area contributed by atoms with Crippen LogP contribution in [0.1, 0.15) is 28.9 Å². The molecule has 0 aliphatic carbocycles. The molecule has 0 radical (unpaired) electrons. The fourth-order valence-electron chi connectivity index (χ4n) is 3.84. The van der Waals surface area contributed by atoms with Crippen LogP contribution in [0.3, 0.4) is 0 Å². The number of hydrogen-bond acceptors (Lipinski definition) is 6. The van der Waals surface area contributed by atoms with E-state index in [1.54, 1.807) is 4.90 Å². The van der Waals surface area contributed by atoms with Crippen molar-refractivity contribution in [2.75, 3.05) is 25.4 Å². The van der Waals surface area contributed by atoms with E-state index in [4.69, 9.17) is 11.5 Å². The number of carbonyl (C=O) groups is 2. The Morgan fingerprint density at radius 2 is 1.76 bits per heavy atom. The van der Waals surface area contributed by atoms with Crippen molar-refractivity contribution in [2.45, 2.75) is 39.3 Å². The van der Waals surface area contributed by atoms with Crippen LogP contribution in [0, 0.1) is 13.8 Å². The number of benzene rings is 1. The Labute approximate surface area is 170 Å². The summed E-state index contributed by atoms with van der Waals surface area (Å²) in [6.45, 7) is 5.88. The number of piperazine rings is 1. The number of nitrogen functional groups attached to an aromatic ring is 1.